The SMILES string of the molecule is Cc1ccc(CSCC(=O)NCC(c2ccccc2)N2CCCC2)cc1. The molecule has 0 radical (unpaired) electrons. The van der Waals surface area contributed by atoms with Gasteiger partial charge in [-0.2, -0.15) is 0 Å². The molecule has 1 fully saturated rings. The maximum atomic E-state index is 12.3. The van der Waals surface area contributed by atoms with Crippen LogP contribution in [-0.2, 0) is 10.5 Å². The molecular weight excluding hydrogens is 340 g/mol. The van der Waals surface area contributed by atoms with Crippen LogP contribution < -0.4 is 5.32 Å². The number of amides is 1. The van der Waals surface area contributed by atoms with E-state index in [1.807, 2.05) is 6.07 Å². The van der Waals surface area contributed by atoms with Crippen LogP contribution in [0.15, 0.2) is 54.6 Å². The van der Waals surface area contributed by atoms with Crippen LogP contribution in [0.25, 0.3) is 0 Å². The second kappa shape index (κ2) is 9.79. The van der Waals surface area contributed by atoms with E-state index in [1.54, 1.807) is 11.8 Å². The number of aryl methyl sites for hydroxylation is 1. The summed E-state index contributed by atoms with van der Waals surface area (Å²) < 4.78 is 0. The van der Waals surface area contributed by atoms with Crippen molar-refractivity contribution in [1.29, 1.82) is 0 Å². The molecule has 0 bridgehead atoms. The van der Waals surface area contributed by atoms with Crippen LogP contribution in [0.5, 0.6) is 0 Å². The zero-order chi connectivity index (χ0) is 18.2. The maximum absolute atomic E-state index is 12.3. The minimum Gasteiger partial charge on any atom is -0.353 e. The Kier molecular flexibility index (Phi) is 7.15. The van der Waals surface area contributed by atoms with E-state index >= 15 is 0 Å². The molecular formula is C22H28N2OS. The van der Waals surface area contributed by atoms with Gasteiger partial charge in [-0.3, -0.25) is 9.69 Å². The third kappa shape index (κ3) is 5.61. The van der Waals surface area contributed by atoms with Gasteiger partial charge in [0.15, 0.2) is 0 Å². The third-order valence-electron chi connectivity index (χ3n) is 4.88. The molecule has 1 saturated heterocycles. The Morgan fingerprint density at radius 3 is 2.46 bits per heavy atom. The highest BCUT2D eigenvalue weighted by atomic mass is 32.2. The molecule has 3 rings (SSSR count). The van der Waals surface area contributed by atoms with Gasteiger partial charge in [0.25, 0.3) is 0 Å². The van der Waals surface area contributed by atoms with Crippen molar-refractivity contribution < 1.29 is 4.79 Å². The molecule has 1 heterocycles. The number of hydrogen-bond acceptors (Lipinski definition) is 3. The van der Waals surface area contributed by atoms with E-state index in [0.29, 0.717) is 12.3 Å². The van der Waals surface area contributed by atoms with Crippen LogP contribution in [0.1, 0.15) is 35.6 Å². The fraction of sp³-hybridized carbons (Fsp3) is 0.409. The standard InChI is InChI=1S/C22H28N2OS/c1-18-9-11-19(12-10-18)16-26-17-22(25)23-15-21(24-13-5-6-14-24)20-7-3-2-4-8-20/h2-4,7-12,21H,5-6,13-17H2,1H3,(H,23,25). The molecule has 0 spiro atoms. The van der Waals surface area contributed by atoms with Crippen LogP contribution in [0.3, 0.4) is 0 Å². The topological polar surface area (TPSA) is 32.3 Å². The fourth-order valence-electron chi connectivity index (χ4n) is 3.39. The Balaban J connectivity index is 1.47. The zero-order valence-electron chi connectivity index (χ0n) is 15.5. The fourth-order valence-corrected chi connectivity index (χ4v) is 4.21. The van der Waals surface area contributed by atoms with Gasteiger partial charge in [-0.15, -0.1) is 11.8 Å². The number of benzene rings is 2. The number of carbonyl (C=O) groups is 1. The Hall–Kier alpha value is -1.78. The Labute approximate surface area is 161 Å². The van der Waals surface area contributed by atoms with Crippen LogP contribution in [0.2, 0.25) is 0 Å². The summed E-state index contributed by atoms with van der Waals surface area (Å²) in [7, 11) is 0. The zero-order valence-corrected chi connectivity index (χ0v) is 16.3. The minimum absolute atomic E-state index is 0.127. The van der Waals surface area contributed by atoms with Gasteiger partial charge in [-0.1, -0.05) is 60.2 Å². The summed E-state index contributed by atoms with van der Waals surface area (Å²) in [6.45, 7) is 5.02. The van der Waals surface area contributed by atoms with E-state index in [9.17, 15) is 4.79 Å². The van der Waals surface area contributed by atoms with Gasteiger partial charge in [0.2, 0.25) is 5.91 Å². The van der Waals surface area contributed by atoms with Crippen molar-refractivity contribution in [1.82, 2.24) is 10.2 Å². The van der Waals surface area contributed by atoms with Gasteiger partial charge in [0.05, 0.1) is 11.8 Å². The first-order chi connectivity index (χ1) is 12.7. The molecule has 1 N–H and O–H groups in total. The van der Waals surface area contributed by atoms with E-state index in [-0.39, 0.29) is 11.9 Å². The lowest BCUT2D eigenvalue weighted by Gasteiger charge is -2.28. The van der Waals surface area contributed by atoms with Gasteiger partial charge in [-0.25, -0.2) is 0 Å². The van der Waals surface area contributed by atoms with Crippen molar-refractivity contribution in [3.63, 3.8) is 0 Å². The predicted octanol–water partition coefficient (Wildman–Crippen LogP) is 4.18. The number of rotatable bonds is 8. The van der Waals surface area contributed by atoms with E-state index in [4.69, 9.17) is 0 Å². The normalized spacial score (nSPS) is 15.7. The Bertz CT molecular complexity index is 681. The van der Waals surface area contributed by atoms with Gasteiger partial charge < -0.3 is 5.32 Å². The lowest BCUT2D eigenvalue weighted by Crippen LogP contribution is -2.37. The smallest absolute Gasteiger partial charge is 0.230 e. The molecule has 2 aromatic carbocycles. The average Bonchev–Trinajstić information content (AvgIpc) is 3.19. The largest absolute Gasteiger partial charge is 0.353 e. The molecule has 1 aliphatic rings. The summed E-state index contributed by atoms with van der Waals surface area (Å²) in [5, 5.41) is 3.15. The first kappa shape index (κ1) is 19.0. The summed E-state index contributed by atoms with van der Waals surface area (Å²) in [5.41, 5.74) is 3.83. The molecule has 1 amide bonds. The van der Waals surface area contributed by atoms with Gasteiger partial charge in [-0.05, 0) is 44.0 Å². The van der Waals surface area contributed by atoms with Crippen LogP contribution in [-0.4, -0.2) is 36.2 Å². The van der Waals surface area contributed by atoms with Crippen LogP contribution in [0.4, 0.5) is 0 Å². The highest BCUT2D eigenvalue weighted by molar-refractivity contribution is 7.99. The number of likely N-dealkylation sites (tertiary alicyclic amines) is 1. The third-order valence-corrected chi connectivity index (χ3v) is 5.88. The maximum Gasteiger partial charge on any atom is 0.230 e. The first-order valence-electron chi connectivity index (χ1n) is 9.41. The van der Waals surface area contributed by atoms with Crippen molar-refractivity contribution in [2.45, 2.75) is 31.6 Å². The summed E-state index contributed by atoms with van der Waals surface area (Å²) >= 11 is 1.67. The number of thioether (sulfide) groups is 1. The molecule has 26 heavy (non-hydrogen) atoms. The van der Waals surface area contributed by atoms with Crippen molar-refractivity contribution >= 4 is 17.7 Å². The number of nitrogens with one attached hydrogen (secondary N) is 1. The Morgan fingerprint density at radius 1 is 1.08 bits per heavy atom. The average molecular weight is 369 g/mol. The quantitative estimate of drug-likeness (QED) is 0.758. The van der Waals surface area contributed by atoms with Crippen molar-refractivity contribution in [3.05, 3.63) is 71.3 Å². The summed E-state index contributed by atoms with van der Waals surface area (Å²) in [6.07, 6.45) is 2.51. The second-order valence-corrected chi connectivity index (χ2v) is 7.94. The minimum atomic E-state index is 0.127. The summed E-state index contributed by atoms with van der Waals surface area (Å²) in [5.74, 6) is 1.51. The first-order valence-corrected chi connectivity index (χ1v) is 10.6. The van der Waals surface area contributed by atoms with E-state index in [1.165, 1.54) is 29.5 Å². The lowest BCUT2D eigenvalue weighted by atomic mass is 10.1. The van der Waals surface area contributed by atoms with Gasteiger partial charge >= 0.3 is 0 Å². The van der Waals surface area contributed by atoms with Gasteiger partial charge in [0, 0.05) is 12.3 Å². The van der Waals surface area contributed by atoms with Crippen LogP contribution in [0, 0.1) is 6.92 Å². The highest BCUT2D eigenvalue weighted by Crippen LogP contribution is 2.24. The van der Waals surface area contributed by atoms with E-state index < -0.39 is 0 Å². The number of nitrogens with zero attached hydrogens (tertiary/aromatic N) is 1. The molecule has 2 aromatic rings. The lowest BCUT2D eigenvalue weighted by molar-refractivity contribution is -0.118. The van der Waals surface area contributed by atoms with Crippen molar-refractivity contribution in [2.24, 2.45) is 0 Å². The predicted molar refractivity (Wildman–Crippen MR) is 110 cm³/mol. The van der Waals surface area contributed by atoms with Crippen LogP contribution >= 0.6 is 11.8 Å². The molecule has 3 nitrogen and oxygen atoms in total. The number of hydrogen-bond donors (Lipinski definition) is 1. The second-order valence-electron chi connectivity index (χ2n) is 6.95. The summed E-state index contributed by atoms with van der Waals surface area (Å²) in [4.78, 5) is 14.8. The number of carbonyl (C=O) groups excluding carboxylic acids is 1. The molecule has 0 saturated carbocycles. The van der Waals surface area contributed by atoms with E-state index in [0.717, 1.165) is 18.8 Å². The van der Waals surface area contributed by atoms with Gasteiger partial charge in [0.1, 0.15) is 0 Å². The molecule has 4 heteroatoms. The monoisotopic (exact) mass is 368 g/mol. The van der Waals surface area contributed by atoms with E-state index in [2.05, 4.69) is 65.7 Å². The molecule has 0 aromatic heterocycles. The van der Waals surface area contributed by atoms with Crippen molar-refractivity contribution in [2.75, 3.05) is 25.4 Å². The molecule has 0 aliphatic carbocycles. The Morgan fingerprint density at radius 2 is 1.77 bits per heavy atom. The molecule has 138 valence electrons. The molecule has 1 atom stereocenters. The molecule has 1 aliphatic heterocycles. The molecule has 1 unspecified atom stereocenters. The van der Waals surface area contributed by atoms with Crippen molar-refractivity contribution in [3.8, 4) is 0 Å². The summed E-state index contributed by atoms with van der Waals surface area (Å²) in [6, 6.07) is 19.3. The highest BCUT2D eigenvalue weighted by Gasteiger charge is 2.23.